The maximum absolute atomic E-state index is 12.3. The van der Waals surface area contributed by atoms with Crippen LogP contribution >= 0.6 is 0 Å². The molecule has 0 bridgehead atoms. The van der Waals surface area contributed by atoms with Gasteiger partial charge in [-0.15, -0.1) is 0 Å². The predicted octanol–water partition coefficient (Wildman–Crippen LogP) is 2.01. The summed E-state index contributed by atoms with van der Waals surface area (Å²) in [5.41, 5.74) is 6.02. The monoisotopic (exact) mass is 238 g/mol. The second kappa shape index (κ2) is 5.38. The smallest absolute Gasteiger partial charge is 0.239 e. The average molecular weight is 238 g/mol. The van der Waals surface area contributed by atoms with E-state index in [2.05, 4.69) is 18.7 Å². The minimum Gasteiger partial charge on any atom is -0.341 e. The predicted molar refractivity (Wildman–Crippen MR) is 69.5 cm³/mol. The maximum Gasteiger partial charge on any atom is 0.239 e. The van der Waals surface area contributed by atoms with Gasteiger partial charge in [0.25, 0.3) is 0 Å². The van der Waals surface area contributed by atoms with Crippen molar-refractivity contribution in [2.24, 2.45) is 23.5 Å². The Morgan fingerprint density at radius 2 is 1.65 bits per heavy atom. The van der Waals surface area contributed by atoms with E-state index >= 15 is 0 Å². The number of hydrogen-bond acceptors (Lipinski definition) is 2. The van der Waals surface area contributed by atoms with Gasteiger partial charge in [0.2, 0.25) is 5.91 Å². The van der Waals surface area contributed by atoms with Gasteiger partial charge in [-0.3, -0.25) is 4.79 Å². The topological polar surface area (TPSA) is 46.3 Å². The minimum absolute atomic E-state index is 0.192. The molecule has 2 aliphatic rings. The van der Waals surface area contributed by atoms with Crippen LogP contribution in [0.5, 0.6) is 0 Å². The van der Waals surface area contributed by atoms with Crippen LogP contribution in [0.4, 0.5) is 0 Å². The van der Waals surface area contributed by atoms with Crippen molar-refractivity contribution in [2.75, 3.05) is 13.1 Å². The zero-order valence-electron chi connectivity index (χ0n) is 11.2. The van der Waals surface area contributed by atoms with E-state index in [4.69, 9.17) is 5.73 Å². The Balaban J connectivity index is 1.85. The van der Waals surface area contributed by atoms with Gasteiger partial charge in [0, 0.05) is 13.1 Å². The SMILES string of the molecule is CC(C)C[C@H](N)C(=O)N(CC1CC1)CC1CC1. The highest BCUT2D eigenvalue weighted by molar-refractivity contribution is 5.81. The summed E-state index contributed by atoms with van der Waals surface area (Å²) in [6, 6.07) is -0.285. The first-order valence-corrected chi connectivity index (χ1v) is 7.10. The van der Waals surface area contributed by atoms with Crippen LogP contribution in [0.3, 0.4) is 0 Å². The molecule has 0 aliphatic heterocycles. The first-order chi connectivity index (χ1) is 8.06. The van der Waals surface area contributed by atoms with E-state index in [-0.39, 0.29) is 11.9 Å². The number of nitrogens with two attached hydrogens (primary N) is 1. The summed E-state index contributed by atoms with van der Waals surface area (Å²) >= 11 is 0. The second-order valence-electron chi connectivity index (χ2n) is 6.37. The third kappa shape index (κ3) is 4.30. The quantitative estimate of drug-likeness (QED) is 0.737. The van der Waals surface area contributed by atoms with Gasteiger partial charge in [-0.1, -0.05) is 13.8 Å². The number of hydrogen-bond donors (Lipinski definition) is 1. The Morgan fingerprint density at radius 1 is 1.18 bits per heavy atom. The maximum atomic E-state index is 12.3. The van der Waals surface area contributed by atoms with E-state index in [0.717, 1.165) is 31.3 Å². The fraction of sp³-hybridized carbons (Fsp3) is 0.929. The second-order valence-corrected chi connectivity index (χ2v) is 6.37. The molecule has 0 radical (unpaired) electrons. The van der Waals surface area contributed by atoms with Crippen molar-refractivity contribution < 1.29 is 4.79 Å². The fourth-order valence-electron chi connectivity index (χ4n) is 2.32. The van der Waals surface area contributed by atoms with E-state index in [0.29, 0.717) is 5.92 Å². The van der Waals surface area contributed by atoms with Crippen LogP contribution in [0.15, 0.2) is 0 Å². The summed E-state index contributed by atoms with van der Waals surface area (Å²) in [5, 5.41) is 0. The summed E-state index contributed by atoms with van der Waals surface area (Å²) in [4.78, 5) is 14.4. The zero-order chi connectivity index (χ0) is 12.4. The summed E-state index contributed by atoms with van der Waals surface area (Å²) < 4.78 is 0. The van der Waals surface area contributed by atoms with Crippen LogP contribution in [0.2, 0.25) is 0 Å². The van der Waals surface area contributed by atoms with Crippen molar-refractivity contribution in [1.82, 2.24) is 4.90 Å². The Labute approximate surface area is 105 Å². The molecule has 2 rings (SSSR count). The van der Waals surface area contributed by atoms with Crippen molar-refractivity contribution in [3.8, 4) is 0 Å². The fourth-order valence-corrected chi connectivity index (χ4v) is 2.32. The molecule has 0 aromatic carbocycles. The standard InChI is InChI=1S/C14H26N2O/c1-10(2)7-13(15)14(17)16(8-11-3-4-11)9-12-5-6-12/h10-13H,3-9,15H2,1-2H3/t13-/m0/s1. The van der Waals surface area contributed by atoms with Gasteiger partial charge in [-0.2, -0.15) is 0 Å². The number of rotatable bonds is 7. The number of nitrogens with zero attached hydrogens (tertiary/aromatic N) is 1. The first kappa shape index (κ1) is 12.9. The molecule has 1 atom stereocenters. The highest BCUT2D eigenvalue weighted by atomic mass is 16.2. The minimum atomic E-state index is -0.285. The lowest BCUT2D eigenvalue weighted by Gasteiger charge is -2.26. The first-order valence-electron chi connectivity index (χ1n) is 7.10. The van der Waals surface area contributed by atoms with Crippen molar-refractivity contribution in [1.29, 1.82) is 0 Å². The van der Waals surface area contributed by atoms with Crippen LogP contribution in [0.25, 0.3) is 0 Å². The number of carbonyl (C=O) groups is 1. The van der Waals surface area contributed by atoms with Crippen molar-refractivity contribution in [2.45, 2.75) is 52.0 Å². The van der Waals surface area contributed by atoms with E-state index in [9.17, 15) is 4.79 Å². The van der Waals surface area contributed by atoms with Crippen molar-refractivity contribution >= 4 is 5.91 Å². The largest absolute Gasteiger partial charge is 0.341 e. The molecule has 2 fully saturated rings. The van der Waals surface area contributed by atoms with Gasteiger partial charge in [0.15, 0.2) is 0 Å². The molecule has 3 heteroatoms. The van der Waals surface area contributed by atoms with E-state index in [1.54, 1.807) is 0 Å². The number of carbonyl (C=O) groups excluding carboxylic acids is 1. The van der Waals surface area contributed by atoms with Gasteiger partial charge in [-0.25, -0.2) is 0 Å². The molecule has 0 saturated heterocycles. The lowest BCUT2D eigenvalue weighted by atomic mass is 10.0. The molecular weight excluding hydrogens is 212 g/mol. The third-order valence-electron chi connectivity index (χ3n) is 3.71. The van der Waals surface area contributed by atoms with Crippen LogP contribution < -0.4 is 5.73 Å². The van der Waals surface area contributed by atoms with Crippen LogP contribution in [0, 0.1) is 17.8 Å². The lowest BCUT2D eigenvalue weighted by Crippen LogP contribution is -2.46. The number of amides is 1. The van der Waals surface area contributed by atoms with Gasteiger partial charge in [0.1, 0.15) is 0 Å². The van der Waals surface area contributed by atoms with Gasteiger partial charge >= 0.3 is 0 Å². The lowest BCUT2D eigenvalue weighted by molar-refractivity contribution is -0.133. The zero-order valence-corrected chi connectivity index (χ0v) is 11.2. The molecule has 0 unspecified atom stereocenters. The Kier molecular flexibility index (Phi) is 4.08. The van der Waals surface area contributed by atoms with Crippen molar-refractivity contribution in [3.05, 3.63) is 0 Å². The Hall–Kier alpha value is -0.570. The molecule has 0 aromatic rings. The van der Waals surface area contributed by atoms with Crippen LogP contribution in [-0.4, -0.2) is 29.9 Å². The van der Waals surface area contributed by atoms with Gasteiger partial charge in [-0.05, 0) is 49.9 Å². The Morgan fingerprint density at radius 3 is 2.00 bits per heavy atom. The summed E-state index contributed by atoms with van der Waals surface area (Å²) in [7, 11) is 0. The van der Waals surface area contributed by atoms with Crippen molar-refractivity contribution in [3.63, 3.8) is 0 Å². The molecular formula is C14H26N2O. The Bertz CT molecular complexity index is 255. The van der Waals surface area contributed by atoms with E-state index < -0.39 is 0 Å². The van der Waals surface area contributed by atoms with Gasteiger partial charge in [0.05, 0.1) is 6.04 Å². The molecule has 3 nitrogen and oxygen atoms in total. The van der Waals surface area contributed by atoms with Crippen LogP contribution in [-0.2, 0) is 4.79 Å². The highest BCUT2D eigenvalue weighted by Crippen LogP contribution is 2.34. The molecule has 2 aliphatic carbocycles. The average Bonchev–Trinajstić information content (AvgIpc) is 3.08. The normalized spacial score (nSPS) is 21.6. The molecule has 0 aromatic heterocycles. The molecule has 1 amide bonds. The summed E-state index contributed by atoms with van der Waals surface area (Å²) in [6.07, 6.45) is 6.01. The van der Waals surface area contributed by atoms with Crippen LogP contribution in [0.1, 0.15) is 46.0 Å². The van der Waals surface area contributed by atoms with E-state index in [1.165, 1.54) is 25.7 Å². The molecule has 0 spiro atoms. The van der Waals surface area contributed by atoms with E-state index in [1.807, 2.05) is 0 Å². The molecule has 0 heterocycles. The molecule has 2 saturated carbocycles. The summed E-state index contributed by atoms with van der Waals surface area (Å²) in [5.74, 6) is 2.23. The molecule has 17 heavy (non-hydrogen) atoms. The molecule has 98 valence electrons. The highest BCUT2D eigenvalue weighted by Gasteiger charge is 2.33. The third-order valence-corrected chi connectivity index (χ3v) is 3.71. The molecule has 2 N–H and O–H groups in total. The van der Waals surface area contributed by atoms with Gasteiger partial charge < -0.3 is 10.6 Å². The summed E-state index contributed by atoms with van der Waals surface area (Å²) in [6.45, 7) is 6.17.